The van der Waals surface area contributed by atoms with Gasteiger partial charge in [-0.25, -0.2) is 0 Å². The average molecular weight is 419 g/mol. The first-order chi connectivity index (χ1) is 13.6. The minimum Gasteiger partial charge on any atom is -0.379 e. The Kier molecular flexibility index (Phi) is 7.01. The molecule has 28 heavy (non-hydrogen) atoms. The summed E-state index contributed by atoms with van der Waals surface area (Å²) < 4.78 is 5.40. The third-order valence-corrected chi connectivity index (χ3v) is 5.36. The number of nitrogens with one attached hydrogen (secondary N) is 2. The first-order valence-electron chi connectivity index (χ1n) is 8.71. The molecule has 146 valence electrons. The van der Waals surface area contributed by atoms with Crippen LogP contribution < -0.4 is 10.6 Å². The standard InChI is InChI=1S/C19H19ClN4O3S/c20-15-2-1-13(10-21)16(9-15)23-19(26)18(25)22-11-17(14-3-8-28-12-14)24-4-6-27-7-5-24/h1-3,8-9,12,17H,4-7,11H2,(H,22,25)(H,23,26). The van der Waals surface area contributed by atoms with E-state index in [9.17, 15) is 9.59 Å². The maximum absolute atomic E-state index is 12.3. The average Bonchev–Trinajstić information content (AvgIpc) is 3.23. The van der Waals surface area contributed by atoms with E-state index in [1.165, 1.54) is 12.1 Å². The zero-order chi connectivity index (χ0) is 19.9. The van der Waals surface area contributed by atoms with Crippen LogP contribution in [0.2, 0.25) is 5.02 Å². The van der Waals surface area contributed by atoms with Crippen LogP contribution in [0.3, 0.4) is 0 Å². The van der Waals surface area contributed by atoms with E-state index in [4.69, 9.17) is 21.6 Å². The molecule has 0 bridgehead atoms. The number of thiophene rings is 1. The van der Waals surface area contributed by atoms with Crippen molar-refractivity contribution in [1.29, 1.82) is 5.26 Å². The Hall–Kier alpha value is -2.44. The molecule has 3 rings (SSSR count). The van der Waals surface area contributed by atoms with Crippen LogP contribution in [0.25, 0.3) is 0 Å². The zero-order valence-corrected chi connectivity index (χ0v) is 16.6. The molecule has 1 atom stereocenters. The highest BCUT2D eigenvalue weighted by Gasteiger charge is 2.25. The van der Waals surface area contributed by atoms with Crippen molar-refractivity contribution in [3.05, 3.63) is 51.2 Å². The number of morpholine rings is 1. The van der Waals surface area contributed by atoms with E-state index in [1.807, 2.05) is 22.9 Å². The molecule has 0 saturated carbocycles. The van der Waals surface area contributed by atoms with E-state index in [1.54, 1.807) is 17.4 Å². The molecule has 2 aromatic rings. The number of ether oxygens (including phenoxy) is 1. The van der Waals surface area contributed by atoms with Crippen LogP contribution in [0.4, 0.5) is 5.69 Å². The number of nitrogens with zero attached hydrogens (tertiary/aromatic N) is 2. The maximum Gasteiger partial charge on any atom is 0.313 e. The van der Waals surface area contributed by atoms with Crippen LogP contribution in [0, 0.1) is 11.3 Å². The number of anilines is 1. The number of rotatable bonds is 5. The van der Waals surface area contributed by atoms with Gasteiger partial charge in [-0.1, -0.05) is 11.6 Å². The monoisotopic (exact) mass is 418 g/mol. The number of nitriles is 1. The Balaban J connectivity index is 1.63. The number of benzene rings is 1. The Morgan fingerprint density at radius 3 is 2.75 bits per heavy atom. The second-order valence-corrected chi connectivity index (χ2v) is 7.40. The Bertz CT molecular complexity index is 876. The van der Waals surface area contributed by atoms with Crippen LogP contribution in [-0.4, -0.2) is 49.6 Å². The molecule has 2 heterocycles. The van der Waals surface area contributed by atoms with Crippen LogP contribution in [0.1, 0.15) is 17.2 Å². The molecule has 2 amide bonds. The summed E-state index contributed by atoms with van der Waals surface area (Å²) in [5, 5.41) is 18.7. The van der Waals surface area contributed by atoms with Gasteiger partial charge in [-0.15, -0.1) is 0 Å². The number of carbonyl (C=O) groups excluding carboxylic acids is 2. The molecule has 1 fully saturated rings. The summed E-state index contributed by atoms with van der Waals surface area (Å²) in [6.45, 7) is 3.10. The highest BCUT2D eigenvalue weighted by atomic mass is 35.5. The number of carbonyl (C=O) groups is 2. The quantitative estimate of drug-likeness (QED) is 0.727. The van der Waals surface area contributed by atoms with Crippen molar-refractivity contribution >= 4 is 40.4 Å². The molecule has 1 aliphatic rings. The third-order valence-electron chi connectivity index (χ3n) is 4.43. The van der Waals surface area contributed by atoms with Crippen LogP contribution in [0.15, 0.2) is 35.0 Å². The number of amides is 2. The predicted octanol–water partition coefficient (Wildman–Crippen LogP) is 2.40. The zero-order valence-electron chi connectivity index (χ0n) is 15.0. The SMILES string of the molecule is N#Cc1ccc(Cl)cc1NC(=O)C(=O)NCC(c1ccsc1)N1CCOCC1. The first-order valence-corrected chi connectivity index (χ1v) is 10.0. The van der Waals surface area contributed by atoms with Gasteiger partial charge >= 0.3 is 11.8 Å². The lowest BCUT2D eigenvalue weighted by molar-refractivity contribution is -0.136. The highest BCUT2D eigenvalue weighted by Crippen LogP contribution is 2.24. The predicted molar refractivity (Wildman–Crippen MR) is 107 cm³/mol. The summed E-state index contributed by atoms with van der Waals surface area (Å²) >= 11 is 7.49. The van der Waals surface area contributed by atoms with E-state index in [0.29, 0.717) is 24.8 Å². The molecular weight excluding hydrogens is 400 g/mol. The van der Waals surface area contributed by atoms with Crippen molar-refractivity contribution in [3.8, 4) is 6.07 Å². The molecule has 2 N–H and O–H groups in total. The van der Waals surface area contributed by atoms with Crippen LogP contribution in [0.5, 0.6) is 0 Å². The van der Waals surface area contributed by atoms with Gasteiger partial charge in [0.25, 0.3) is 0 Å². The van der Waals surface area contributed by atoms with Gasteiger partial charge in [0.2, 0.25) is 0 Å². The largest absolute Gasteiger partial charge is 0.379 e. The van der Waals surface area contributed by atoms with Gasteiger partial charge < -0.3 is 15.4 Å². The van der Waals surface area contributed by atoms with Crippen LogP contribution in [-0.2, 0) is 14.3 Å². The smallest absolute Gasteiger partial charge is 0.313 e. The van der Waals surface area contributed by atoms with Crippen molar-refractivity contribution in [1.82, 2.24) is 10.2 Å². The summed E-state index contributed by atoms with van der Waals surface area (Å²) in [5.41, 5.74) is 1.53. The molecular formula is C19H19ClN4O3S. The van der Waals surface area contributed by atoms with Crippen molar-refractivity contribution in [2.45, 2.75) is 6.04 Å². The second-order valence-electron chi connectivity index (χ2n) is 6.19. The normalized spacial score (nSPS) is 15.4. The minimum atomic E-state index is -0.843. The number of hydrogen-bond acceptors (Lipinski definition) is 6. The summed E-state index contributed by atoms with van der Waals surface area (Å²) in [6.07, 6.45) is 0. The van der Waals surface area contributed by atoms with E-state index in [0.717, 1.165) is 18.7 Å². The Labute approximate surface area is 171 Å². The molecule has 0 aliphatic carbocycles. The molecule has 0 radical (unpaired) electrons. The highest BCUT2D eigenvalue weighted by molar-refractivity contribution is 7.08. The first kappa shape index (κ1) is 20.3. The fourth-order valence-corrected chi connectivity index (χ4v) is 3.86. The lowest BCUT2D eigenvalue weighted by Crippen LogP contribution is -2.45. The van der Waals surface area contributed by atoms with Crippen molar-refractivity contribution in [2.24, 2.45) is 0 Å². The Morgan fingerprint density at radius 1 is 1.29 bits per heavy atom. The third kappa shape index (κ3) is 5.09. The van der Waals surface area contributed by atoms with Gasteiger partial charge in [0.15, 0.2) is 0 Å². The second kappa shape index (κ2) is 9.66. The fourth-order valence-electron chi connectivity index (χ4n) is 2.98. The van der Waals surface area contributed by atoms with Gasteiger partial charge in [-0.3, -0.25) is 14.5 Å². The lowest BCUT2D eigenvalue weighted by Gasteiger charge is -2.34. The molecule has 0 spiro atoms. The number of hydrogen-bond donors (Lipinski definition) is 2. The van der Waals surface area contributed by atoms with Gasteiger partial charge in [0.1, 0.15) is 6.07 Å². The molecule has 1 aromatic carbocycles. The minimum absolute atomic E-state index is 0.0345. The molecule has 1 aliphatic heterocycles. The van der Waals surface area contributed by atoms with Crippen molar-refractivity contribution in [3.63, 3.8) is 0 Å². The van der Waals surface area contributed by atoms with Crippen molar-refractivity contribution in [2.75, 3.05) is 38.2 Å². The fraction of sp³-hybridized carbons (Fsp3) is 0.316. The lowest BCUT2D eigenvalue weighted by atomic mass is 10.1. The molecule has 1 saturated heterocycles. The van der Waals surface area contributed by atoms with Gasteiger partial charge in [0.05, 0.1) is 30.5 Å². The van der Waals surface area contributed by atoms with Crippen LogP contribution >= 0.6 is 22.9 Å². The molecule has 1 unspecified atom stereocenters. The summed E-state index contributed by atoms with van der Waals surface area (Å²) in [6, 6.07) is 8.41. The topological polar surface area (TPSA) is 94.5 Å². The molecule has 9 heteroatoms. The molecule has 7 nitrogen and oxygen atoms in total. The summed E-state index contributed by atoms with van der Waals surface area (Å²) in [4.78, 5) is 26.8. The van der Waals surface area contributed by atoms with Crippen molar-refractivity contribution < 1.29 is 14.3 Å². The molecule has 1 aromatic heterocycles. The van der Waals surface area contributed by atoms with Gasteiger partial charge in [-0.2, -0.15) is 16.6 Å². The van der Waals surface area contributed by atoms with E-state index >= 15 is 0 Å². The summed E-state index contributed by atoms with van der Waals surface area (Å²) in [5.74, 6) is -1.61. The maximum atomic E-state index is 12.3. The van der Waals surface area contributed by atoms with E-state index < -0.39 is 11.8 Å². The number of halogens is 1. The van der Waals surface area contributed by atoms with Gasteiger partial charge in [-0.05, 0) is 40.6 Å². The summed E-state index contributed by atoms with van der Waals surface area (Å²) in [7, 11) is 0. The van der Waals surface area contributed by atoms with E-state index in [-0.39, 0.29) is 17.3 Å². The van der Waals surface area contributed by atoms with E-state index in [2.05, 4.69) is 15.5 Å². The Morgan fingerprint density at radius 2 is 2.07 bits per heavy atom. The van der Waals surface area contributed by atoms with Gasteiger partial charge in [0, 0.05) is 24.7 Å².